The lowest BCUT2D eigenvalue weighted by molar-refractivity contribution is 0.379. The molecule has 0 radical (unpaired) electrons. The van der Waals surface area contributed by atoms with Crippen molar-refractivity contribution in [3.8, 4) is 6.01 Å². The van der Waals surface area contributed by atoms with E-state index in [4.69, 9.17) is 4.74 Å². The van der Waals surface area contributed by atoms with E-state index in [1.807, 2.05) is 0 Å². The third kappa shape index (κ3) is 6.19. The van der Waals surface area contributed by atoms with Crippen LogP contribution in [0.15, 0.2) is 0 Å². The summed E-state index contributed by atoms with van der Waals surface area (Å²) in [4.78, 5) is 14.7. The molecule has 0 unspecified atom stereocenters. The molecular weight excluding hydrogens is 244 g/mol. The van der Waals surface area contributed by atoms with Gasteiger partial charge in [0, 0.05) is 13.1 Å². The summed E-state index contributed by atoms with van der Waals surface area (Å²) < 4.78 is 5.07. The Balaban J connectivity index is 2.55. The number of hydrogen-bond acceptors (Lipinski definition) is 7. The molecule has 7 heteroatoms. The molecule has 2 N–H and O–H groups in total. The molecule has 0 saturated heterocycles. The van der Waals surface area contributed by atoms with Gasteiger partial charge in [-0.1, -0.05) is 6.92 Å². The lowest BCUT2D eigenvalue weighted by Crippen LogP contribution is -2.17. The summed E-state index contributed by atoms with van der Waals surface area (Å²) >= 11 is 0. The van der Waals surface area contributed by atoms with Gasteiger partial charge in [-0.2, -0.15) is 15.0 Å². The largest absolute Gasteiger partial charge is 0.467 e. The van der Waals surface area contributed by atoms with E-state index in [1.54, 1.807) is 7.11 Å². The van der Waals surface area contributed by atoms with Crippen LogP contribution < -0.4 is 15.4 Å². The van der Waals surface area contributed by atoms with Crippen molar-refractivity contribution in [2.24, 2.45) is 0 Å². The molecule has 0 atom stereocenters. The Hall–Kier alpha value is -1.63. The third-order valence-corrected chi connectivity index (χ3v) is 2.40. The Bertz CT molecular complexity index is 371. The van der Waals surface area contributed by atoms with Gasteiger partial charge < -0.3 is 20.3 Å². The number of nitrogens with zero attached hydrogens (tertiary/aromatic N) is 4. The van der Waals surface area contributed by atoms with Crippen LogP contribution >= 0.6 is 0 Å². The van der Waals surface area contributed by atoms with Crippen molar-refractivity contribution in [3.05, 3.63) is 0 Å². The van der Waals surface area contributed by atoms with Crippen LogP contribution in [0.5, 0.6) is 6.01 Å². The van der Waals surface area contributed by atoms with Gasteiger partial charge in [-0.15, -0.1) is 0 Å². The number of anilines is 2. The number of aromatic nitrogens is 3. The fourth-order valence-corrected chi connectivity index (χ4v) is 1.44. The minimum atomic E-state index is 0.323. The van der Waals surface area contributed by atoms with Gasteiger partial charge in [-0.25, -0.2) is 0 Å². The number of nitrogens with one attached hydrogen (secondary N) is 2. The zero-order valence-electron chi connectivity index (χ0n) is 12.2. The van der Waals surface area contributed by atoms with Crippen LogP contribution in [0.4, 0.5) is 11.9 Å². The van der Waals surface area contributed by atoms with Crippen molar-refractivity contribution in [2.75, 3.05) is 51.5 Å². The van der Waals surface area contributed by atoms with Gasteiger partial charge in [0.2, 0.25) is 11.9 Å². The first-order chi connectivity index (χ1) is 9.15. The first kappa shape index (κ1) is 15.4. The Morgan fingerprint density at radius 3 is 2.21 bits per heavy atom. The number of methoxy groups -OCH3 is 1. The Morgan fingerprint density at radius 1 is 1.05 bits per heavy atom. The zero-order chi connectivity index (χ0) is 14.1. The molecule has 0 saturated carbocycles. The summed E-state index contributed by atoms with van der Waals surface area (Å²) in [5.41, 5.74) is 0. The van der Waals surface area contributed by atoms with Crippen LogP contribution in [0.1, 0.15) is 19.8 Å². The maximum atomic E-state index is 5.07. The highest BCUT2D eigenvalue weighted by Gasteiger charge is 2.05. The maximum Gasteiger partial charge on any atom is 0.322 e. The van der Waals surface area contributed by atoms with E-state index in [-0.39, 0.29) is 0 Å². The highest BCUT2D eigenvalue weighted by molar-refractivity contribution is 5.35. The van der Waals surface area contributed by atoms with Crippen molar-refractivity contribution < 1.29 is 4.74 Å². The fraction of sp³-hybridized carbons (Fsp3) is 0.750. The van der Waals surface area contributed by atoms with Crippen LogP contribution in [0.3, 0.4) is 0 Å². The standard InChI is InChI=1S/C12H24N6O/c1-5-7-13-10-15-11(17-12(16-10)19-4)14-8-6-9-18(2)3/h5-9H2,1-4H3,(H2,13,14,15,16,17). The van der Waals surface area contributed by atoms with E-state index in [0.29, 0.717) is 17.9 Å². The zero-order valence-corrected chi connectivity index (χ0v) is 12.2. The summed E-state index contributed by atoms with van der Waals surface area (Å²) in [7, 11) is 5.66. The summed E-state index contributed by atoms with van der Waals surface area (Å²) in [5.74, 6) is 1.09. The first-order valence-electron chi connectivity index (χ1n) is 6.58. The minimum absolute atomic E-state index is 0.323. The smallest absolute Gasteiger partial charge is 0.322 e. The van der Waals surface area contributed by atoms with Gasteiger partial charge in [0.25, 0.3) is 0 Å². The SMILES string of the molecule is CCCNc1nc(NCCCN(C)C)nc(OC)n1. The normalized spacial score (nSPS) is 10.6. The van der Waals surface area contributed by atoms with Crippen molar-refractivity contribution in [1.29, 1.82) is 0 Å². The van der Waals surface area contributed by atoms with Gasteiger partial charge in [-0.3, -0.25) is 0 Å². The van der Waals surface area contributed by atoms with Crippen molar-refractivity contribution >= 4 is 11.9 Å². The molecule has 0 aromatic carbocycles. The molecule has 0 fully saturated rings. The second-order valence-corrected chi connectivity index (χ2v) is 4.48. The van der Waals surface area contributed by atoms with Crippen LogP contribution in [0.25, 0.3) is 0 Å². The molecule has 0 aliphatic heterocycles. The van der Waals surface area contributed by atoms with Crippen LogP contribution in [0, 0.1) is 0 Å². The van der Waals surface area contributed by atoms with Gasteiger partial charge in [0.05, 0.1) is 7.11 Å². The molecule has 1 heterocycles. The van der Waals surface area contributed by atoms with Gasteiger partial charge >= 0.3 is 6.01 Å². The Labute approximate surface area is 114 Å². The summed E-state index contributed by atoms with van der Waals surface area (Å²) in [6, 6.07) is 0.323. The molecular formula is C12H24N6O. The van der Waals surface area contributed by atoms with Gasteiger partial charge in [0.15, 0.2) is 0 Å². The first-order valence-corrected chi connectivity index (χ1v) is 6.58. The monoisotopic (exact) mass is 268 g/mol. The van der Waals surface area contributed by atoms with E-state index in [1.165, 1.54) is 0 Å². The molecule has 0 bridgehead atoms. The minimum Gasteiger partial charge on any atom is -0.467 e. The molecule has 108 valence electrons. The van der Waals surface area contributed by atoms with Crippen molar-refractivity contribution in [3.63, 3.8) is 0 Å². The van der Waals surface area contributed by atoms with Gasteiger partial charge in [-0.05, 0) is 33.5 Å². The molecule has 7 nitrogen and oxygen atoms in total. The summed E-state index contributed by atoms with van der Waals surface area (Å²) in [5, 5.41) is 6.31. The molecule has 0 aliphatic rings. The summed E-state index contributed by atoms with van der Waals surface area (Å²) in [6.07, 6.45) is 2.04. The number of ether oxygens (including phenoxy) is 1. The second-order valence-electron chi connectivity index (χ2n) is 4.48. The number of hydrogen-bond donors (Lipinski definition) is 2. The number of rotatable bonds is 9. The fourth-order valence-electron chi connectivity index (χ4n) is 1.44. The van der Waals surface area contributed by atoms with E-state index < -0.39 is 0 Å². The molecule has 0 spiro atoms. The predicted molar refractivity (Wildman–Crippen MR) is 76.8 cm³/mol. The molecule has 0 aliphatic carbocycles. The highest BCUT2D eigenvalue weighted by Crippen LogP contribution is 2.10. The second kappa shape index (κ2) is 8.47. The van der Waals surface area contributed by atoms with Crippen molar-refractivity contribution in [1.82, 2.24) is 19.9 Å². The van der Waals surface area contributed by atoms with E-state index in [2.05, 4.69) is 51.5 Å². The molecule has 0 amide bonds. The van der Waals surface area contributed by atoms with Crippen LogP contribution in [-0.2, 0) is 0 Å². The van der Waals surface area contributed by atoms with Crippen LogP contribution in [0.2, 0.25) is 0 Å². The molecule has 1 aromatic rings. The lowest BCUT2D eigenvalue weighted by atomic mass is 10.4. The maximum absolute atomic E-state index is 5.07. The van der Waals surface area contributed by atoms with Crippen LogP contribution in [-0.4, -0.2) is 60.7 Å². The molecule has 19 heavy (non-hydrogen) atoms. The topological polar surface area (TPSA) is 75.2 Å². The third-order valence-electron chi connectivity index (χ3n) is 2.40. The predicted octanol–water partition coefficient (Wildman–Crippen LogP) is 1.07. The Kier molecular flexibility index (Phi) is 6.88. The molecule has 1 aromatic heterocycles. The molecule has 1 rings (SSSR count). The highest BCUT2D eigenvalue weighted by atomic mass is 16.5. The van der Waals surface area contributed by atoms with E-state index >= 15 is 0 Å². The average Bonchev–Trinajstić information content (AvgIpc) is 2.41. The van der Waals surface area contributed by atoms with Gasteiger partial charge in [0.1, 0.15) is 0 Å². The lowest BCUT2D eigenvalue weighted by Gasteiger charge is -2.11. The van der Waals surface area contributed by atoms with Crippen molar-refractivity contribution in [2.45, 2.75) is 19.8 Å². The summed E-state index contributed by atoms with van der Waals surface area (Å²) in [6.45, 7) is 4.76. The quantitative estimate of drug-likeness (QED) is 0.649. The van der Waals surface area contributed by atoms with E-state index in [0.717, 1.165) is 32.5 Å². The average molecular weight is 268 g/mol. The Morgan fingerprint density at radius 2 is 1.68 bits per heavy atom. The van der Waals surface area contributed by atoms with E-state index in [9.17, 15) is 0 Å².